The number of carbonyl (C=O) groups excluding carboxylic acids is 1. The van der Waals surface area contributed by atoms with Crippen molar-refractivity contribution in [1.29, 1.82) is 0 Å². The molecule has 2 fully saturated rings. The van der Waals surface area contributed by atoms with E-state index >= 15 is 0 Å². The van der Waals surface area contributed by atoms with Crippen molar-refractivity contribution in [3.05, 3.63) is 52.7 Å². The number of carbonyl (C=O) groups is 1. The smallest absolute Gasteiger partial charge is 0.255 e. The van der Waals surface area contributed by atoms with E-state index in [1.54, 1.807) is 6.20 Å². The van der Waals surface area contributed by atoms with Crippen LogP contribution in [-0.2, 0) is 17.7 Å². The number of hydrogen-bond donors (Lipinski definition) is 1. The van der Waals surface area contributed by atoms with Crippen molar-refractivity contribution in [2.45, 2.75) is 44.4 Å². The molecule has 2 aromatic rings. The van der Waals surface area contributed by atoms with E-state index in [0.717, 1.165) is 67.3 Å². The highest BCUT2D eigenvalue weighted by Gasteiger charge is 2.36. The number of fused-ring (bicyclic) bond motifs is 2. The molecule has 4 aliphatic heterocycles. The van der Waals surface area contributed by atoms with Crippen molar-refractivity contribution in [2.75, 3.05) is 44.3 Å². The number of rotatable bonds is 4. The van der Waals surface area contributed by atoms with E-state index in [2.05, 4.69) is 20.9 Å². The van der Waals surface area contributed by atoms with Gasteiger partial charge in [-0.2, -0.15) is 0 Å². The standard InChI is InChI=1S/C26H30F2N4O3/c27-26(28)5-8-30(9-6-26)24(33)19-10-18-2-1-7-32(23(18)29-12-19)21-3-4-22-20(11-21)14-31(25(22)34)13-17-15-35-16-17/h3-4,10-12,17,25,34H,1-2,5-9,13-16H2. The molecule has 7 nitrogen and oxygen atoms in total. The molecule has 2 saturated heterocycles. The van der Waals surface area contributed by atoms with Crippen LogP contribution in [0.25, 0.3) is 0 Å². The Morgan fingerprint density at radius 1 is 1.14 bits per heavy atom. The molecule has 35 heavy (non-hydrogen) atoms. The molecule has 0 aliphatic carbocycles. The second-order valence-electron chi connectivity index (χ2n) is 10.2. The predicted molar refractivity (Wildman–Crippen MR) is 126 cm³/mol. The summed E-state index contributed by atoms with van der Waals surface area (Å²) in [7, 11) is 0. The number of piperidine rings is 1. The Balaban J connectivity index is 1.20. The van der Waals surface area contributed by atoms with Crippen molar-refractivity contribution >= 4 is 17.4 Å². The van der Waals surface area contributed by atoms with E-state index in [0.29, 0.717) is 18.0 Å². The lowest BCUT2D eigenvalue weighted by Crippen LogP contribution is -2.42. The largest absolute Gasteiger partial charge is 0.381 e. The number of aromatic nitrogens is 1. The number of aliphatic hydroxyl groups is 1. The monoisotopic (exact) mass is 484 g/mol. The van der Waals surface area contributed by atoms with Crippen molar-refractivity contribution in [3.8, 4) is 0 Å². The molecule has 186 valence electrons. The second-order valence-corrected chi connectivity index (χ2v) is 10.2. The van der Waals surface area contributed by atoms with E-state index in [1.165, 1.54) is 4.90 Å². The van der Waals surface area contributed by atoms with E-state index in [9.17, 15) is 18.7 Å². The van der Waals surface area contributed by atoms with Gasteiger partial charge in [0.15, 0.2) is 0 Å². The maximum Gasteiger partial charge on any atom is 0.255 e. The van der Waals surface area contributed by atoms with E-state index in [-0.39, 0.29) is 31.8 Å². The third kappa shape index (κ3) is 4.30. The molecule has 0 spiro atoms. The lowest BCUT2D eigenvalue weighted by atomic mass is 10.0. The molecule has 5 heterocycles. The van der Waals surface area contributed by atoms with Gasteiger partial charge in [-0.1, -0.05) is 6.07 Å². The quantitative estimate of drug-likeness (QED) is 0.717. The molecule has 1 atom stereocenters. The van der Waals surface area contributed by atoms with Crippen molar-refractivity contribution in [2.24, 2.45) is 5.92 Å². The van der Waals surface area contributed by atoms with Gasteiger partial charge in [0.2, 0.25) is 0 Å². The van der Waals surface area contributed by atoms with Crippen LogP contribution in [0.5, 0.6) is 0 Å². The van der Waals surface area contributed by atoms with Crippen LogP contribution in [0, 0.1) is 5.92 Å². The zero-order valence-electron chi connectivity index (χ0n) is 19.6. The number of pyridine rings is 1. The van der Waals surface area contributed by atoms with Gasteiger partial charge in [-0.15, -0.1) is 0 Å². The van der Waals surface area contributed by atoms with Crippen LogP contribution in [0.1, 0.15) is 52.5 Å². The van der Waals surface area contributed by atoms with E-state index < -0.39 is 12.2 Å². The van der Waals surface area contributed by atoms with Crippen molar-refractivity contribution in [3.63, 3.8) is 0 Å². The fourth-order valence-electron chi connectivity index (χ4n) is 5.59. The minimum Gasteiger partial charge on any atom is -0.381 e. The summed E-state index contributed by atoms with van der Waals surface area (Å²) in [5.41, 5.74) is 4.55. The molecule has 1 aromatic carbocycles. The molecule has 4 aliphatic rings. The molecule has 0 saturated carbocycles. The van der Waals surface area contributed by atoms with Crippen LogP contribution in [0.3, 0.4) is 0 Å². The van der Waals surface area contributed by atoms with Crippen LogP contribution in [0.15, 0.2) is 30.5 Å². The summed E-state index contributed by atoms with van der Waals surface area (Å²) in [5.74, 6) is -1.59. The molecule has 1 unspecified atom stereocenters. The van der Waals surface area contributed by atoms with Crippen LogP contribution in [0.2, 0.25) is 0 Å². The van der Waals surface area contributed by atoms with Gasteiger partial charge in [0, 0.05) is 63.4 Å². The number of alkyl halides is 2. The maximum atomic E-state index is 13.5. The van der Waals surface area contributed by atoms with Crippen LogP contribution < -0.4 is 4.90 Å². The van der Waals surface area contributed by atoms with Gasteiger partial charge in [-0.25, -0.2) is 13.8 Å². The molecule has 0 bridgehead atoms. The zero-order valence-corrected chi connectivity index (χ0v) is 19.6. The van der Waals surface area contributed by atoms with Crippen molar-refractivity contribution < 1.29 is 23.4 Å². The average Bonchev–Trinajstić information content (AvgIpc) is 3.14. The Morgan fingerprint density at radius 3 is 2.69 bits per heavy atom. The first-order valence-corrected chi connectivity index (χ1v) is 12.4. The first kappa shape index (κ1) is 22.8. The second kappa shape index (κ2) is 8.80. The van der Waals surface area contributed by atoms with Crippen molar-refractivity contribution in [1.82, 2.24) is 14.8 Å². The van der Waals surface area contributed by atoms with Crippen LogP contribution in [-0.4, -0.2) is 71.1 Å². The number of likely N-dealkylation sites (tertiary alicyclic amines) is 1. The topological polar surface area (TPSA) is 69.1 Å². The molecule has 9 heteroatoms. The first-order chi connectivity index (χ1) is 16.9. The highest BCUT2D eigenvalue weighted by atomic mass is 19.3. The Bertz CT molecular complexity index is 1130. The summed E-state index contributed by atoms with van der Waals surface area (Å²) < 4.78 is 32.3. The summed E-state index contributed by atoms with van der Waals surface area (Å²) >= 11 is 0. The minimum absolute atomic E-state index is 0.0702. The molecule has 1 amide bonds. The first-order valence-electron chi connectivity index (χ1n) is 12.4. The van der Waals surface area contributed by atoms with Gasteiger partial charge in [-0.05, 0) is 47.7 Å². The molecule has 6 rings (SSSR count). The summed E-state index contributed by atoms with van der Waals surface area (Å²) in [6, 6.07) is 8.05. The summed E-state index contributed by atoms with van der Waals surface area (Å²) in [5, 5.41) is 10.8. The normalized spacial score (nSPS) is 24.1. The lowest BCUT2D eigenvalue weighted by molar-refractivity contribution is -0.0751. The number of ether oxygens (including phenoxy) is 1. The van der Waals surface area contributed by atoms with Gasteiger partial charge in [-0.3, -0.25) is 9.69 Å². The van der Waals surface area contributed by atoms with Gasteiger partial charge in [0.25, 0.3) is 11.8 Å². The summed E-state index contributed by atoms with van der Waals surface area (Å²) in [6.45, 7) is 4.01. The number of aliphatic hydroxyl groups excluding tert-OH is 1. The van der Waals surface area contributed by atoms with Gasteiger partial charge >= 0.3 is 0 Å². The number of halogens is 2. The van der Waals surface area contributed by atoms with Crippen LogP contribution in [0.4, 0.5) is 20.3 Å². The highest BCUT2D eigenvalue weighted by Crippen LogP contribution is 2.38. The number of nitrogens with zero attached hydrogens (tertiary/aromatic N) is 4. The van der Waals surface area contributed by atoms with Gasteiger partial charge in [0.1, 0.15) is 12.0 Å². The zero-order chi connectivity index (χ0) is 24.2. The molecule has 1 N–H and O–H groups in total. The number of benzene rings is 1. The third-order valence-corrected chi connectivity index (χ3v) is 7.69. The lowest BCUT2D eigenvalue weighted by Gasteiger charge is -2.33. The highest BCUT2D eigenvalue weighted by molar-refractivity contribution is 5.94. The average molecular weight is 485 g/mol. The van der Waals surface area contributed by atoms with E-state index in [4.69, 9.17) is 4.74 Å². The number of hydrogen-bond acceptors (Lipinski definition) is 6. The fraction of sp³-hybridized carbons (Fsp3) is 0.538. The van der Waals surface area contributed by atoms with Crippen LogP contribution >= 0.6 is 0 Å². The van der Waals surface area contributed by atoms with E-state index in [1.807, 2.05) is 18.2 Å². The summed E-state index contributed by atoms with van der Waals surface area (Å²) in [4.78, 5) is 23.4. The van der Waals surface area contributed by atoms with Gasteiger partial charge in [0.05, 0.1) is 18.8 Å². The predicted octanol–water partition coefficient (Wildman–Crippen LogP) is 3.49. The molecule has 1 aromatic heterocycles. The number of aryl methyl sites for hydroxylation is 1. The fourth-order valence-corrected chi connectivity index (χ4v) is 5.59. The molecular weight excluding hydrogens is 454 g/mol. The minimum atomic E-state index is -2.68. The number of anilines is 2. The third-order valence-electron chi connectivity index (χ3n) is 7.69. The Hall–Kier alpha value is -2.62. The van der Waals surface area contributed by atoms with Gasteiger partial charge < -0.3 is 19.6 Å². The molecular formula is C26H30F2N4O3. The Morgan fingerprint density at radius 2 is 1.94 bits per heavy atom. The number of amides is 1. The Labute approximate surface area is 203 Å². The summed E-state index contributed by atoms with van der Waals surface area (Å²) in [6.07, 6.45) is 2.16. The SMILES string of the molecule is O=C(c1cnc2c(c1)CCCN2c1ccc2c(c1)CN(CC1COC1)C2O)N1CCC(F)(F)CC1. The Kier molecular flexibility index (Phi) is 5.74. The molecule has 0 radical (unpaired) electrons. The maximum absolute atomic E-state index is 13.5.